The smallest absolute Gasteiger partial charge is 0.283 e. The van der Waals surface area contributed by atoms with E-state index in [0.29, 0.717) is 11.7 Å². The summed E-state index contributed by atoms with van der Waals surface area (Å²) in [5.74, 6) is -2.77. The van der Waals surface area contributed by atoms with E-state index in [-0.39, 0.29) is 22.9 Å². The number of nitrogens with zero attached hydrogens (tertiary/aromatic N) is 6. The van der Waals surface area contributed by atoms with E-state index in [4.69, 9.17) is 4.74 Å². The van der Waals surface area contributed by atoms with Crippen LogP contribution in [0, 0.1) is 11.6 Å². The predicted molar refractivity (Wildman–Crippen MR) is 135 cm³/mol. The average Bonchev–Trinajstić information content (AvgIpc) is 2.90. The minimum absolute atomic E-state index is 0.0170. The van der Waals surface area contributed by atoms with Crippen molar-refractivity contribution in [1.82, 2.24) is 25.1 Å². The van der Waals surface area contributed by atoms with Gasteiger partial charge in [-0.15, -0.1) is 5.10 Å². The quantitative estimate of drug-likeness (QED) is 0.452. The van der Waals surface area contributed by atoms with Gasteiger partial charge in [0.1, 0.15) is 5.69 Å². The fourth-order valence-corrected chi connectivity index (χ4v) is 4.81. The number of likely N-dealkylation sites (tertiary alicyclic amines) is 1. The normalized spacial score (nSPS) is 18.4. The predicted octanol–water partition coefficient (Wildman–Crippen LogP) is 4.53. The summed E-state index contributed by atoms with van der Waals surface area (Å²) in [7, 11) is 2.08. The number of halogens is 4. The first-order valence-corrected chi connectivity index (χ1v) is 12.6. The molecule has 1 aromatic carbocycles. The summed E-state index contributed by atoms with van der Waals surface area (Å²) in [5, 5.41) is 11.4. The molecule has 2 aliphatic heterocycles. The van der Waals surface area contributed by atoms with E-state index >= 15 is 4.39 Å². The Morgan fingerprint density at radius 1 is 1.08 bits per heavy atom. The fourth-order valence-electron chi connectivity index (χ4n) is 4.81. The third-order valence-electron chi connectivity index (χ3n) is 6.83. The van der Waals surface area contributed by atoms with Crippen molar-refractivity contribution in [3.8, 4) is 17.0 Å². The van der Waals surface area contributed by atoms with Crippen molar-refractivity contribution in [3.05, 3.63) is 47.8 Å². The van der Waals surface area contributed by atoms with Gasteiger partial charge in [-0.3, -0.25) is 4.79 Å². The van der Waals surface area contributed by atoms with Crippen molar-refractivity contribution in [2.24, 2.45) is 0 Å². The van der Waals surface area contributed by atoms with Gasteiger partial charge in [-0.2, -0.15) is 5.10 Å². The number of amides is 1. The van der Waals surface area contributed by atoms with E-state index in [1.54, 1.807) is 19.9 Å². The van der Waals surface area contributed by atoms with Gasteiger partial charge < -0.3 is 19.9 Å². The Morgan fingerprint density at radius 2 is 1.82 bits per heavy atom. The Bertz CT molecular complexity index is 1370. The van der Waals surface area contributed by atoms with Crippen LogP contribution >= 0.6 is 0 Å². The number of alkyl halides is 2. The second-order valence-corrected chi connectivity index (χ2v) is 9.92. The molecule has 3 aromatic rings. The summed E-state index contributed by atoms with van der Waals surface area (Å²) in [5.41, 5.74) is 0.497. The number of piperidine rings is 1. The molecule has 4 heterocycles. The lowest BCUT2D eigenvalue weighted by atomic mass is 9.94. The molecule has 0 aliphatic carbocycles. The Labute approximate surface area is 222 Å². The molecule has 0 spiro atoms. The van der Waals surface area contributed by atoms with Crippen molar-refractivity contribution in [1.29, 1.82) is 0 Å². The SMILES string of the molecule is CC(C)N1C(=O)C(C(F)F)Oc2c(F)cc(-c3nc(Nc4ccc(C5CCN(C)CC5)nn4)ncc3F)cc21. The van der Waals surface area contributed by atoms with Crippen LogP contribution in [0.25, 0.3) is 11.3 Å². The average molecular weight is 546 g/mol. The van der Waals surface area contributed by atoms with Crippen LogP contribution in [-0.4, -0.2) is 69.7 Å². The Kier molecular flexibility index (Phi) is 7.34. The van der Waals surface area contributed by atoms with Gasteiger partial charge in [0, 0.05) is 17.5 Å². The number of ether oxygens (including phenoxy) is 1. The highest BCUT2D eigenvalue weighted by molar-refractivity contribution is 6.01. The summed E-state index contributed by atoms with van der Waals surface area (Å²) in [6.45, 7) is 5.16. The minimum Gasteiger partial charge on any atom is -0.469 e. The molecule has 9 nitrogen and oxygen atoms in total. The molecule has 2 aliphatic rings. The molecular weight excluding hydrogens is 518 g/mol. The van der Waals surface area contributed by atoms with E-state index in [1.165, 1.54) is 6.07 Å². The molecule has 1 N–H and O–H groups in total. The van der Waals surface area contributed by atoms with Gasteiger partial charge in [0.2, 0.25) is 12.1 Å². The first-order chi connectivity index (χ1) is 18.6. The number of carbonyl (C=O) groups excluding carboxylic acids is 1. The lowest BCUT2D eigenvalue weighted by Crippen LogP contribution is -2.52. The zero-order valence-corrected chi connectivity index (χ0v) is 21.5. The van der Waals surface area contributed by atoms with Crippen molar-refractivity contribution >= 4 is 23.4 Å². The van der Waals surface area contributed by atoms with E-state index in [0.717, 1.165) is 48.8 Å². The molecule has 0 bridgehead atoms. The summed E-state index contributed by atoms with van der Waals surface area (Å²) >= 11 is 0. The van der Waals surface area contributed by atoms with Crippen molar-refractivity contribution in [2.75, 3.05) is 30.4 Å². The molecule has 13 heteroatoms. The highest BCUT2D eigenvalue weighted by Gasteiger charge is 2.43. The zero-order valence-electron chi connectivity index (χ0n) is 21.5. The van der Waals surface area contributed by atoms with E-state index in [1.807, 2.05) is 6.07 Å². The topological polar surface area (TPSA) is 96.4 Å². The summed E-state index contributed by atoms with van der Waals surface area (Å²) in [6.07, 6.45) is -2.39. The maximum absolute atomic E-state index is 15.1. The van der Waals surface area contributed by atoms with Crippen molar-refractivity contribution < 1.29 is 27.1 Å². The van der Waals surface area contributed by atoms with Gasteiger partial charge in [0.15, 0.2) is 23.2 Å². The Hall–Kier alpha value is -3.87. The highest BCUT2D eigenvalue weighted by Crippen LogP contribution is 2.42. The monoisotopic (exact) mass is 545 g/mol. The van der Waals surface area contributed by atoms with Crippen LogP contribution in [0.3, 0.4) is 0 Å². The number of fused-ring (bicyclic) bond motifs is 1. The number of nitrogens with one attached hydrogen (secondary N) is 1. The second-order valence-electron chi connectivity index (χ2n) is 9.92. The van der Waals surface area contributed by atoms with Crippen LogP contribution in [0.5, 0.6) is 5.75 Å². The van der Waals surface area contributed by atoms with Gasteiger partial charge in [-0.25, -0.2) is 27.5 Å². The van der Waals surface area contributed by atoms with Crippen molar-refractivity contribution in [2.45, 2.75) is 51.2 Å². The maximum atomic E-state index is 15.1. The third kappa shape index (κ3) is 5.35. The van der Waals surface area contributed by atoms with Crippen LogP contribution in [-0.2, 0) is 4.79 Å². The molecule has 1 atom stereocenters. The number of hydrogen-bond donors (Lipinski definition) is 1. The molecule has 1 saturated heterocycles. The highest BCUT2D eigenvalue weighted by atomic mass is 19.3. The van der Waals surface area contributed by atoms with Crippen LogP contribution in [0.1, 0.15) is 38.3 Å². The molecule has 0 radical (unpaired) electrons. The molecule has 1 amide bonds. The summed E-state index contributed by atoms with van der Waals surface area (Å²) in [4.78, 5) is 24.1. The lowest BCUT2D eigenvalue weighted by Gasteiger charge is -2.36. The molecule has 1 fully saturated rings. The Balaban J connectivity index is 1.42. The maximum Gasteiger partial charge on any atom is 0.283 e. The summed E-state index contributed by atoms with van der Waals surface area (Å²) < 4.78 is 61.8. The van der Waals surface area contributed by atoms with Gasteiger partial charge in [-0.05, 0) is 71.1 Å². The number of anilines is 3. The Morgan fingerprint density at radius 3 is 2.46 bits per heavy atom. The second kappa shape index (κ2) is 10.7. The van der Waals surface area contributed by atoms with Crippen LogP contribution in [0.4, 0.5) is 35.0 Å². The number of hydrogen-bond acceptors (Lipinski definition) is 8. The van der Waals surface area contributed by atoms with Gasteiger partial charge in [-0.1, -0.05) is 0 Å². The standard InChI is InChI=1S/C26H27F4N7O2/c1-13(2)37-19-11-15(10-16(27)22(19)39-23(24(29)30)25(37)38)21-17(28)12-31-26(33-21)32-20-5-4-18(34-35-20)14-6-8-36(3)9-7-14/h4-5,10-14,23-24H,6-9H2,1-3H3,(H,31,32,33,35). The van der Waals surface area contributed by atoms with E-state index in [9.17, 15) is 18.0 Å². The van der Waals surface area contributed by atoms with Gasteiger partial charge in [0.05, 0.1) is 17.6 Å². The third-order valence-corrected chi connectivity index (χ3v) is 6.83. The van der Waals surface area contributed by atoms with Gasteiger partial charge in [0.25, 0.3) is 12.3 Å². The lowest BCUT2D eigenvalue weighted by molar-refractivity contribution is -0.134. The number of carbonyl (C=O) groups is 1. The zero-order chi connectivity index (χ0) is 27.8. The molecule has 39 heavy (non-hydrogen) atoms. The van der Waals surface area contributed by atoms with Crippen molar-refractivity contribution in [3.63, 3.8) is 0 Å². The molecule has 0 saturated carbocycles. The molecule has 206 valence electrons. The summed E-state index contributed by atoms with van der Waals surface area (Å²) in [6, 6.07) is 5.21. The number of benzene rings is 1. The first-order valence-electron chi connectivity index (χ1n) is 12.6. The number of aromatic nitrogens is 4. The van der Waals surface area contributed by atoms with Crippen LogP contribution in [0.2, 0.25) is 0 Å². The van der Waals surface area contributed by atoms with Crippen LogP contribution < -0.4 is 15.0 Å². The molecule has 5 rings (SSSR count). The molecule has 2 aromatic heterocycles. The van der Waals surface area contributed by atoms with Gasteiger partial charge >= 0.3 is 0 Å². The minimum atomic E-state index is -3.15. The van der Waals surface area contributed by atoms with Crippen LogP contribution in [0.15, 0.2) is 30.5 Å². The van der Waals surface area contributed by atoms with E-state index < -0.39 is 41.9 Å². The molecule has 1 unspecified atom stereocenters. The fraction of sp³-hybridized carbons (Fsp3) is 0.423. The first kappa shape index (κ1) is 26.7. The number of rotatable bonds is 6. The van der Waals surface area contributed by atoms with E-state index in [2.05, 4.69) is 37.4 Å². The largest absolute Gasteiger partial charge is 0.469 e. The molecular formula is C26H27F4N7O2.